The van der Waals surface area contributed by atoms with Crippen LogP contribution in [0.1, 0.15) is 25.0 Å². The number of carbonyl (C=O) groups excluding carboxylic acids is 1. The Hall–Kier alpha value is -2.18. The summed E-state index contributed by atoms with van der Waals surface area (Å²) in [6.07, 6.45) is -3.11. The third-order valence-electron chi connectivity index (χ3n) is 2.97. The molecule has 0 saturated heterocycles. The van der Waals surface area contributed by atoms with Crippen molar-refractivity contribution in [3.8, 4) is 0 Å². The number of esters is 1. The Balaban J connectivity index is 2.37. The van der Waals surface area contributed by atoms with Gasteiger partial charge in [0, 0.05) is 11.3 Å². The van der Waals surface area contributed by atoms with Crippen LogP contribution in [0.3, 0.4) is 0 Å². The van der Waals surface area contributed by atoms with E-state index in [-0.39, 0.29) is 12.2 Å². The molecule has 2 rings (SSSR count). The summed E-state index contributed by atoms with van der Waals surface area (Å²) in [7, 11) is 0. The third-order valence-corrected chi connectivity index (χ3v) is 2.97. The van der Waals surface area contributed by atoms with Crippen LogP contribution in [-0.2, 0) is 26.2 Å². The molecule has 0 bridgehead atoms. The number of alkyl halides is 3. The molecule has 0 aromatic heterocycles. The monoisotopic (exact) mass is 301 g/mol. The van der Waals surface area contributed by atoms with E-state index >= 15 is 0 Å². The fraction of sp³-hybridized carbons (Fsp3) is 0.357. The van der Waals surface area contributed by atoms with E-state index in [1.165, 1.54) is 18.4 Å². The molecule has 0 aliphatic carbocycles. The maximum absolute atomic E-state index is 12.6. The van der Waals surface area contributed by atoms with E-state index in [2.05, 4.69) is 5.32 Å². The average molecular weight is 301 g/mol. The smallest absolute Gasteiger partial charge is 0.416 e. The molecule has 0 saturated carbocycles. The predicted molar refractivity (Wildman–Crippen MR) is 67.7 cm³/mol. The number of carbonyl (C=O) groups is 1. The Labute approximate surface area is 119 Å². The molecule has 1 aromatic carbocycles. The quantitative estimate of drug-likeness (QED) is 0.872. The second-order valence-electron chi connectivity index (χ2n) is 4.52. The summed E-state index contributed by atoms with van der Waals surface area (Å²) in [5.41, 5.74) is -1.62. The Morgan fingerprint density at radius 1 is 1.33 bits per heavy atom. The van der Waals surface area contributed by atoms with Gasteiger partial charge >= 0.3 is 17.9 Å². The molecule has 114 valence electrons. The van der Waals surface area contributed by atoms with Crippen molar-refractivity contribution in [1.82, 2.24) is 5.32 Å². The second-order valence-corrected chi connectivity index (χ2v) is 4.52. The largest absolute Gasteiger partial charge is 0.461 e. The normalized spacial score (nSPS) is 21.3. The van der Waals surface area contributed by atoms with Crippen molar-refractivity contribution in [1.29, 1.82) is 0 Å². The van der Waals surface area contributed by atoms with Crippen molar-refractivity contribution < 1.29 is 27.4 Å². The number of benzene rings is 1. The lowest BCUT2D eigenvalue weighted by Crippen LogP contribution is -2.47. The lowest BCUT2D eigenvalue weighted by Gasteiger charge is -2.27. The summed E-state index contributed by atoms with van der Waals surface area (Å²) < 4.78 is 48.1. The standard InChI is InChI=1S/C14H14F3NO3/c1-3-20-12(19)13(18-9(2)8-21-13)10-4-6-11(7-5-10)14(15,16)17/h4-8,18H,3H2,1-2H3. The third kappa shape index (κ3) is 2.81. The van der Waals surface area contributed by atoms with Crippen LogP contribution in [0, 0.1) is 0 Å². The van der Waals surface area contributed by atoms with Gasteiger partial charge in [-0.3, -0.25) is 0 Å². The molecule has 0 amide bonds. The Morgan fingerprint density at radius 3 is 2.38 bits per heavy atom. The van der Waals surface area contributed by atoms with Crippen molar-refractivity contribution in [3.63, 3.8) is 0 Å². The van der Waals surface area contributed by atoms with Crippen LogP contribution in [0.4, 0.5) is 13.2 Å². The minimum absolute atomic E-state index is 0.130. The van der Waals surface area contributed by atoms with Gasteiger partial charge in [-0.1, -0.05) is 12.1 Å². The van der Waals surface area contributed by atoms with E-state index in [1.54, 1.807) is 13.8 Å². The number of hydrogen-bond donors (Lipinski definition) is 1. The molecule has 0 radical (unpaired) electrons. The van der Waals surface area contributed by atoms with E-state index in [4.69, 9.17) is 9.47 Å². The zero-order chi connectivity index (χ0) is 15.7. The lowest BCUT2D eigenvalue weighted by atomic mass is 10.0. The molecule has 1 aliphatic heterocycles. The first kappa shape index (κ1) is 15.2. The van der Waals surface area contributed by atoms with Crippen LogP contribution in [0.25, 0.3) is 0 Å². The van der Waals surface area contributed by atoms with E-state index in [9.17, 15) is 18.0 Å². The van der Waals surface area contributed by atoms with Crippen LogP contribution in [0.5, 0.6) is 0 Å². The van der Waals surface area contributed by atoms with Gasteiger partial charge in [0.25, 0.3) is 0 Å². The van der Waals surface area contributed by atoms with Crippen molar-refractivity contribution >= 4 is 5.97 Å². The van der Waals surface area contributed by atoms with E-state index in [0.717, 1.165) is 12.1 Å². The predicted octanol–water partition coefficient (Wildman–Crippen LogP) is 2.90. The first-order valence-corrected chi connectivity index (χ1v) is 6.27. The summed E-state index contributed by atoms with van der Waals surface area (Å²) in [6, 6.07) is 4.18. The first-order chi connectivity index (χ1) is 9.79. The van der Waals surface area contributed by atoms with E-state index in [0.29, 0.717) is 5.70 Å². The van der Waals surface area contributed by atoms with Crippen molar-refractivity contribution in [2.45, 2.75) is 25.7 Å². The lowest BCUT2D eigenvalue weighted by molar-refractivity contribution is -0.167. The van der Waals surface area contributed by atoms with Crippen LogP contribution in [0.2, 0.25) is 0 Å². The molecule has 7 heteroatoms. The zero-order valence-corrected chi connectivity index (χ0v) is 11.5. The van der Waals surface area contributed by atoms with Gasteiger partial charge in [0.15, 0.2) is 0 Å². The summed E-state index contributed by atoms with van der Waals surface area (Å²) in [5.74, 6) is -0.710. The van der Waals surface area contributed by atoms with Gasteiger partial charge in [0.2, 0.25) is 0 Å². The van der Waals surface area contributed by atoms with Crippen molar-refractivity contribution in [3.05, 3.63) is 47.4 Å². The number of hydrogen-bond acceptors (Lipinski definition) is 4. The molecule has 4 nitrogen and oxygen atoms in total. The molecule has 0 spiro atoms. The number of ether oxygens (including phenoxy) is 2. The molecule has 1 heterocycles. The molecule has 1 aromatic rings. The number of allylic oxidation sites excluding steroid dienone is 1. The minimum atomic E-state index is -4.44. The first-order valence-electron chi connectivity index (χ1n) is 6.27. The van der Waals surface area contributed by atoms with Crippen LogP contribution in [0.15, 0.2) is 36.2 Å². The number of halogens is 3. The molecular formula is C14H14F3NO3. The van der Waals surface area contributed by atoms with E-state index < -0.39 is 23.4 Å². The molecular weight excluding hydrogens is 287 g/mol. The van der Waals surface area contributed by atoms with Crippen molar-refractivity contribution in [2.75, 3.05) is 6.61 Å². The van der Waals surface area contributed by atoms with Gasteiger partial charge in [0.1, 0.15) is 6.26 Å². The van der Waals surface area contributed by atoms with E-state index in [1.807, 2.05) is 0 Å². The molecule has 1 aliphatic rings. The Kier molecular flexibility index (Phi) is 3.85. The highest BCUT2D eigenvalue weighted by Gasteiger charge is 2.47. The summed E-state index contributed by atoms with van der Waals surface area (Å²) >= 11 is 0. The SMILES string of the molecule is CCOC(=O)C1(c2ccc(C(F)(F)F)cc2)NC(C)=CO1. The molecule has 1 unspecified atom stereocenters. The highest BCUT2D eigenvalue weighted by molar-refractivity contribution is 5.82. The molecule has 1 N–H and O–H groups in total. The number of nitrogens with one attached hydrogen (secondary N) is 1. The maximum Gasteiger partial charge on any atom is 0.416 e. The highest BCUT2D eigenvalue weighted by atomic mass is 19.4. The van der Waals surface area contributed by atoms with Gasteiger partial charge in [-0.15, -0.1) is 0 Å². The topological polar surface area (TPSA) is 47.6 Å². The Bertz CT molecular complexity index is 566. The van der Waals surface area contributed by atoms with Gasteiger partial charge in [-0.25, -0.2) is 4.79 Å². The van der Waals surface area contributed by atoms with Gasteiger partial charge < -0.3 is 14.8 Å². The van der Waals surface area contributed by atoms with Crippen LogP contribution in [-0.4, -0.2) is 12.6 Å². The van der Waals surface area contributed by atoms with Crippen molar-refractivity contribution in [2.24, 2.45) is 0 Å². The van der Waals surface area contributed by atoms with Gasteiger partial charge in [-0.2, -0.15) is 13.2 Å². The summed E-state index contributed by atoms with van der Waals surface area (Å²) in [5, 5.41) is 2.81. The van der Waals surface area contributed by atoms with Gasteiger partial charge in [-0.05, 0) is 26.0 Å². The highest BCUT2D eigenvalue weighted by Crippen LogP contribution is 2.34. The minimum Gasteiger partial charge on any atom is -0.461 e. The fourth-order valence-corrected chi connectivity index (χ4v) is 2.00. The summed E-state index contributed by atoms with van der Waals surface area (Å²) in [6.45, 7) is 3.43. The fourth-order valence-electron chi connectivity index (χ4n) is 2.00. The van der Waals surface area contributed by atoms with Crippen LogP contribution >= 0.6 is 0 Å². The number of rotatable bonds is 3. The molecule has 0 fully saturated rings. The Morgan fingerprint density at radius 2 is 1.95 bits per heavy atom. The van der Waals surface area contributed by atoms with Gasteiger partial charge in [0.05, 0.1) is 12.2 Å². The zero-order valence-electron chi connectivity index (χ0n) is 11.5. The average Bonchev–Trinajstić information content (AvgIpc) is 2.82. The summed E-state index contributed by atoms with van der Waals surface area (Å²) in [4.78, 5) is 12.1. The molecule has 1 atom stereocenters. The van der Waals surface area contributed by atoms with Crippen LogP contribution < -0.4 is 5.32 Å². The maximum atomic E-state index is 12.6. The molecule has 21 heavy (non-hydrogen) atoms. The second kappa shape index (κ2) is 5.31.